The van der Waals surface area contributed by atoms with E-state index in [-0.39, 0.29) is 11.4 Å². The molecule has 0 aliphatic heterocycles. The molecule has 0 heterocycles. The molecule has 7 nitrogen and oxygen atoms in total. The Bertz CT molecular complexity index is 1160. The maximum absolute atomic E-state index is 13.5. The van der Waals surface area contributed by atoms with Crippen molar-refractivity contribution in [2.75, 3.05) is 29.4 Å². The smallest absolute Gasteiger partial charge is 0.264 e. The lowest BCUT2D eigenvalue weighted by Crippen LogP contribution is -2.38. The Labute approximate surface area is 195 Å². The van der Waals surface area contributed by atoms with E-state index in [9.17, 15) is 13.2 Å². The van der Waals surface area contributed by atoms with Gasteiger partial charge in [-0.25, -0.2) is 8.42 Å². The van der Waals surface area contributed by atoms with Crippen molar-refractivity contribution in [1.82, 2.24) is 0 Å². The number of carbonyl (C=O) groups is 1. The molecule has 1 amide bonds. The van der Waals surface area contributed by atoms with Crippen LogP contribution in [0.15, 0.2) is 77.7 Å². The molecule has 174 valence electrons. The molecular formula is C25H28N2O5S. The molecule has 0 bridgehead atoms. The van der Waals surface area contributed by atoms with Crippen molar-refractivity contribution in [3.63, 3.8) is 0 Å². The molecular weight excluding hydrogens is 440 g/mol. The third-order valence-electron chi connectivity index (χ3n) is 4.78. The molecule has 0 atom stereocenters. The van der Waals surface area contributed by atoms with Crippen LogP contribution in [-0.4, -0.2) is 34.1 Å². The van der Waals surface area contributed by atoms with Gasteiger partial charge < -0.3 is 14.8 Å². The zero-order chi connectivity index (χ0) is 23.8. The van der Waals surface area contributed by atoms with Gasteiger partial charge in [0.1, 0.15) is 18.0 Å². The fourth-order valence-corrected chi connectivity index (χ4v) is 4.58. The molecule has 0 aliphatic carbocycles. The van der Waals surface area contributed by atoms with E-state index >= 15 is 0 Å². The van der Waals surface area contributed by atoms with E-state index in [1.54, 1.807) is 60.7 Å². The number of ether oxygens (including phenoxy) is 2. The van der Waals surface area contributed by atoms with Crippen LogP contribution in [0.3, 0.4) is 0 Å². The Kier molecular flexibility index (Phi) is 7.95. The SMILES string of the molecule is CCOc1ccc(NC(=O)CN(c2ccc(C)cc2)S(=O)(=O)c2ccc(OCC)cc2)cc1. The van der Waals surface area contributed by atoms with Crippen LogP contribution in [0.25, 0.3) is 0 Å². The minimum absolute atomic E-state index is 0.0698. The molecule has 0 aromatic heterocycles. The first-order valence-electron chi connectivity index (χ1n) is 10.7. The number of anilines is 2. The van der Waals surface area contributed by atoms with E-state index in [4.69, 9.17) is 9.47 Å². The van der Waals surface area contributed by atoms with Gasteiger partial charge in [-0.05, 0) is 81.4 Å². The first-order chi connectivity index (χ1) is 15.8. The summed E-state index contributed by atoms with van der Waals surface area (Å²) in [5, 5.41) is 2.75. The Hall–Kier alpha value is -3.52. The number of carbonyl (C=O) groups excluding carboxylic acids is 1. The van der Waals surface area contributed by atoms with Gasteiger partial charge in [-0.15, -0.1) is 0 Å². The number of amides is 1. The molecule has 33 heavy (non-hydrogen) atoms. The second-order valence-electron chi connectivity index (χ2n) is 7.26. The van der Waals surface area contributed by atoms with Crippen LogP contribution < -0.4 is 19.1 Å². The van der Waals surface area contributed by atoms with Crippen LogP contribution in [-0.2, 0) is 14.8 Å². The Morgan fingerprint density at radius 3 is 1.85 bits per heavy atom. The van der Waals surface area contributed by atoms with Crippen LogP contribution in [0.5, 0.6) is 11.5 Å². The van der Waals surface area contributed by atoms with Crippen LogP contribution in [0.4, 0.5) is 11.4 Å². The number of nitrogens with zero attached hydrogens (tertiary/aromatic N) is 1. The van der Waals surface area contributed by atoms with Gasteiger partial charge in [0.25, 0.3) is 10.0 Å². The normalized spacial score (nSPS) is 11.0. The molecule has 1 N–H and O–H groups in total. The van der Waals surface area contributed by atoms with E-state index < -0.39 is 15.9 Å². The average Bonchev–Trinajstić information content (AvgIpc) is 2.80. The fraction of sp³-hybridized carbons (Fsp3) is 0.240. The topological polar surface area (TPSA) is 84.9 Å². The van der Waals surface area contributed by atoms with Gasteiger partial charge in [0.15, 0.2) is 0 Å². The summed E-state index contributed by atoms with van der Waals surface area (Å²) < 4.78 is 38.9. The van der Waals surface area contributed by atoms with Gasteiger partial charge in [-0.3, -0.25) is 9.10 Å². The highest BCUT2D eigenvalue weighted by Gasteiger charge is 2.27. The van der Waals surface area contributed by atoms with Crippen molar-refractivity contribution in [1.29, 1.82) is 0 Å². The third kappa shape index (κ3) is 6.26. The predicted molar refractivity (Wildman–Crippen MR) is 130 cm³/mol. The zero-order valence-corrected chi connectivity index (χ0v) is 19.8. The second kappa shape index (κ2) is 10.9. The zero-order valence-electron chi connectivity index (χ0n) is 18.9. The van der Waals surface area contributed by atoms with E-state index in [2.05, 4.69) is 5.32 Å². The summed E-state index contributed by atoms with van der Waals surface area (Å²) in [6, 6.07) is 20.0. The van der Waals surface area contributed by atoms with E-state index in [0.29, 0.717) is 36.1 Å². The summed E-state index contributed by atoms with van der Waals surface area (Å²) in [5.74, 6) is 0.802. The maximum atomic E-state index is 13.5. The van der Waals surface area contributed by atoms with Gasteiger partial charge >= 0.3 is 0 Å². The van der Waals surface area contributed by atoms with Gasteiger partial charge in [-0.2, -0.15) is 0 Å². The lowest BCUT2D eigenvalue weighted by Gasteiger charge is -2.24. The summed E-state index contributed by atoms with van der Waals surface area (Å²) >= 11 is 0. The van der Waals surface area contributed by atoms with Crippen LogP contribution in [0.2, 0.25) is 0 Å². The fourth-order valence-electron chi connectivity index (χ4n) is 3.16. The molecule has 8 heteroatoms. The average molecular weight is 469 g/mol. The number of hydrogen-bond acceptors (Lipinski definition) is 5. The number of nitrogens with one attached hydrogen (secondary N) is 1. The summed E-state index contributed by atoms with van der Waals surface area (Å²) in [7, 11) is -4.00. The quantitative estimate of drug-likeness (QED) is 0.469. The Balaban J connectivity index is 1.86. The van der Waals surface area contributed by atoms with E-state index in [0.717, 1.165) is 9.87 Å². The van der Waals surface area contributed by atoms with Crippen molar-refractivity contribution in [3.8, 4) is 11.5 Å². The second-order valence-corrected chi connectivity index (χ2v) is 9.12. The summed E-state index contributed by atoms with van der Waals surface area (Å²) in [6.45, 7) is 6.29. The third-order valence-corrected chi connectivity index (χ3v) is 6.57. The summed E-state index contributed by atoms with van der Waals surface area (Å²) in [5.41, 5.74) is 1.93. The molecule has 0 saturated heterocycles. The van der Waals surface area contributed by atoms with Crippen LogP contribution in [0.1, 0.15) is 19.4 Å². The van der Waals surface area contributed by atoms with Gasteiger partial charge in [0.05, 0.1) is 23.8 Å². The standard InChI is InChI=1S/C25H28N2O5S/c1-4-31-22-12-8-20(9-13-22)26-25(28)18-27(21-10-6-19(3)7-11-21)33(29,30)24-16-14-23(15-17-24)32-5-2/h6-17H,4-5,18H2,1-3H3,(H,26,28). The lowest BCUT2D eigenvalue weighted by molar-refractivity contribution is -0.114. The minimum atomic E-state index is -4.00. The summed E-state index contributed by atoms with van der Waals surface area (Å²) in [6.07, 6.45) is 0. The number of benzene rings is 3. The van der Waals surface area contributed by atoms with Crippen LogP contribution >= 0.6 is 0 Å². The molecule has 0 saturated carbocycles. The molecule has 0 radical (unpaired) electrons. The molecule has 0 aliphatic rings. The monoisotopic (exact) mass is 468 g/mol. The van der Waals surface area contributed by atoms with Crippen molar-refractivity contribution in [2.45, 2.75) is 25.7 Å². The van der Waals surface area contributed by atoms with Gasteiger partial charge in [0.2, 0.25) is 5.91 Å². The highest BCUT2D eigenvalue weighted by molar-refractivity contribution is 7.92. The van der Waals surface area contributed by atoms with Crippen molar-refractivity contribution in [2.24, 2.45) is 0 Å². The van der Waals surface area contributed by atoms with Crippen molar-refractivity contribution < 1.29 is 22.7 Å². The Morgan fingerprint density at radius 2 is 1.33 bits per heavy atom. The van der Waals surface area contributed by atoms with E-state index in [1.165, 1.54) is 12.1 Å². The predicted octanol–water partition coefficient (Wildman–Crippen LogP) is 4.63. The number of hydrogen-bond donors (Lipinski definition) is 1. The molecule has 3 aromatic rings. The number of rotatable bonds is 10. The van der Waals surface area contributed by atoms with Crippen molar-refractivity contribution >= 4 is 27.3 Å². The van der Waals surface area contributed by atoms with Crippen LogP contribution in [0, 0.1) is 6.92 Å². The molecule has 0 unspecified atom stereocenters. The molecule has 0 fully saturated rings. The highest BCUT2D eigenvalue weighted by Crippen LogP contribution is 2.26. The first-order valence-corrected chi connectivity index (χ1v) is 12.1. The maximum Gasteiger partial charge on any atom is 0.264 e. The highest BCUT2D eigenvalue weighted by atomic mass is 32.2. The minimum Gasteiger partial charge on any atom is -0.494 e. The molecule has 3 rings (SSSR count). The van der Waals surface area contributed by atoms with Crippen molar-refractivity contribution in [3.05, 3.63) is 78.4 Å². The largest absolute Gasteiger partial charge is 0.494 e. The number of sulfonamides is 1. The lowest BCUT2D eigenvalue weighted by atomic mass is 10.2. The van der Waals surface area contributed by atoms with Gasteiger partial charge in [-0.1, -0.05) is 17.7 Å². The Morgan fingerprint density at radius 1 is 0.818 bits per heavy atom. The molecule has 3 aromatic carbocycles. The van der Waals surface area contributed by atoms with E-state index in [1.807, 2.05) is 20.8 Å². The molecule has 0 spiro atoms. The summed E-state index contributed by atoms with van der Waals surface area (Å²) in [4.78, 5) is 12.9. The number of aryl methyl sites for hydroxylation is 1. The van der Waals surface area contributed by atoms with Gasteiger partial charge in [0, 0.05) is 5.69 Å². The first kappa shape index (κ1) is 24.1.